The first-order valence-corrected chi connectivity index (χ1v) is 4.50. The van der Waals surface area contributed by atoms with Gasteiger partial charge in [-0.25, -0.2) is 10.8 Å². The van der Waals surface area contributed by atoms with Gasteiger partial charge >= 0.3 is 0 Å². The van der Waals surface area contributed by atoms with Crippen molar-refractivity contribution in [2.75, 3.05) is 6.54 Å². The van der Waals surface area contributed by atoms with Crippen molar-refractivity contribution in [3.05, 3.63) is 30.1 Å². The van der Waals surface area contributed by atoms with Gasteiger partial charge in [0.25, 0.3) is 0 Å². The molecule has 0 aliphatic carbocycles. The Kier molecular flexibility index (Phi) is 4.43. The number of hydrogen-bond acceptors (Lipinski definition) is 3. The van der Waals surface area contributed by atoms with Crippen LogP contribution >= 0.6 is 0 Å². The summed E-state index contributed by atoms with van der Waals surface area (Å²) in [6.45, 7) is 3.37. The molecule has 5 nitrogen and oxygen atoms in total. The predicted molar refractivity (Wildman–Crippen MR) is 56.4 cm³/mol. The Morgan fingerprint density at radius 2 is 2.21 bits per heavy atom. The van der Waals surface area contributed by atoms with Gasteiger partial charge in [0.05, 0.1) is 6.54 Å². The molecule has 4 N–H and O–H groups in total. The molecule has 1 heterocycles. The van der Waals surface area contributed by atoms with Crippen LogP contribution in [0.25, 0.3) is 0 Å². The van der Waals surface area contributed by atoms with E-state index in [2.05, 4.69) is 20.7 Å². The van der Waals surface area contributed by atoms with Gasteiger partial charge in [-0.15, -0.1) is 0 Å². The fourth-order valence-corrected chi connectivity index (χ4v) is 0.979. The smallest absolute Gasteiger partial charge is 0.206 e. The quantitative estimate of drug-likeness (QED) is 0.273. The largest absolute Gasteiger partial charge is 0.356 e. The van der Waals surface area contributed by atoms with Gasteiger partial charge in [0.15, 0.2) is 0 Å². The Morgan fingerprint density at radius 1 is 1.50 bits per heavy atom. The van der Waals surface area contributed by atoms with Crippen molar-refractivity contribution in [2.24, 2.45) is 10.8 Å². The fourth-order valence-electron chi connectivity index (χ4n) is 0.979. The Morgan fingerprint density at radius 3 is 2.79 bits per heavy atom. The van der Waals surface area contributed by atoms with Crippen LogP contribution in [0.1, 0.15) is 12.5 Å². The molecule has 0 saturated heterocycles. The monoisotopic (exact) mass is 193 g/mol. The van der Waals surface area contributed by atoms with E-state index in [1.54, 1.807) is 12.4 Å². The van der Waals surface area contributed by atoms with Gasteiger partial charge in [0.2, 0.25) is 5.96 Å². The minimum atomic E-state index is 0.592. The summed E-state index contributed by atoms with van der Waals surface area (Å²) < 4.78 is 0. The van der Waals surface area contributed by atoms with E-state index in [1.807, 2.05) is 19.1 Å². The van der Waals surface area contributed by atoms with Crippen LogP contribution in [0.2, 0.25) is 0 Å². The SMILES string of the molecule is CCNC(=NCc1ccncc1)NN. The van der Waals surface area contributed by atoms with Crippen LogP contribution in [0.15, 0.2) is 29.5 Å². The average molecular weight is 193 g/mol. The number of hydrazine groups is 1. The Labute approximate surface area is 83.4 Å². The molecular formula is C9H15N5. The first-order chi connectivity index (χ1) is 6.86. The molecule has 1 rings (SSSR count). The van der Waals surface area contributed by atoms with E-state index in [1.165, 1.54) is 0 Å². The molecule has 1 aromatic rings. The molecular weight excluding hydrogens is 178 g/mol. The summed E-state index contributed by atoms with van der Waals surface area (Å²) >= 11 is 0. The highest BCUT2D eigenvalue weighted by atomic mass is 15.3. The second kappa shape index (κ2) is 5.93. The van der Waals surface area contributed by atoms with Crippen LogP contribution in [-0.4, -0.2) is 17.5 Å². The van der Waals surface area contributed by atoms with Crippen molar-refractivity contribution < 1.29 is 0 Å². The molecule has 76 valence electrons. The minimum Gasteiger partial charge on any atom is -0.356 e. The van der Waals surface area contributed by atoms with Crippen LogP contribution < -0.4 is 16.6 Å². The Bertz CT molecular complexity index is 283. The van der Waals surface area contributed by atoms with Crippen molar-refractivity contribution in [1.82, 2.24) is 15.7 Å². The number of rotatable bonds is 3. The highest BCUT2D eigenvalue weighted by molar-refractivity contribution is 5.79. The molecule has 0 spiro atoms. The number of nitrogens with two attached hydrogens (primary N) is 1. The van der Waals surface area contributed by atoms with Gasteiger partial charge in [-0.1, -0.05) is 0 Å². The highest BCUT2D eigenvalue weighted by Gasteiger charge is 1.93. The Hall–Kier alpha value is -1.62. The van der Waals surface area contributed by atoms with Crippen molar-refractivity contribution in [2.45, 2.75) is 13.5 Å². The van der Waals surface area contributed by atoms with E-state index >= 15 is 0 Å². The van der Waals surface area contributed by atoms with Gasteiger partial charge in [-0.3, -0.25) is 10.4 Å². The molecule has 0 aliphatic heterocycles. The lowest BCUT2D eigenvalue weighted by Crippen LogP contribution is -2.41. The summed E-state index contributed by atoms with van der Waals surface area (Å²) in [5.74, 6) is 5.87. The number of nitrogens with zero attached hydrogens (tertiary/aromatic N) is 2. The highest BCUT2D eigenvalue weighted by Crippen LogP contribution is 1.97. The number of guanidine groups is 1. The van der Waals surface area contributed by atoms with Gasteiger partial charge in [0.1, 0.15) is 0 Å². The average Bonchev–Trinajstić information content (AvgIpc) is 2.25. The lowest BCUT2D eigenvalue weighted by Gasteiger charge is -2.05. The Balaban J connectivity index is 2.52. The summed E-state index contributed by atoms with van der Waals surface area (Å²) in [4.78, 5) is 8.17. The third-order valence-corrected chi connectivity index (χ3v) is 1.65. The van der Waals surface area contributed by atoms with Crippen molar-refractivity contribution >= 4 is 5.96 Å². The lowest BCUT2D eigenvalue weighted by atomic mass is 10.3. The van der Waals surface area contributed by atoms with Crippen molar-refractivity contribution in [1.29, 1.82) is 0 Å². The molecule has 0 radical (unpaired) electrons. The predicted octanol–water partition coefficient (Wildman–Crippen LogP) is 0.0104. The maximum absolute atomic E-state index is 5.27. The molecule has 1 aromatic heterocycles. The lowest BCUT2D eigenvalue weighted by molar-refractivity contribution is 0.851. The molecule has 0 aromatic carbocycles. The maximum atomic E-state index is 5.27. The fraction of sp³-hybridized carbons (Fsp3) is 0.333. The maximum Gasteiger partial charge on any atom is 0.206 e. The molecule has 5 heteroatoms. The van der Waals surface area contributed by atoms with Crippen molar-refractivity contribution in [3.63, 3.8) is 0 Å². The van der Waals surface area contributed by atoms with Crippen LogP contribution in [-0.2, 0) is 6.54 Å². The number of pyridine rings is 1. The first-order valence-electron chi connectivity index (χ1n) is 4.50. The molecule has 0 bridgehead atoms. The number of aliphatic imine (C=N–C) groups is 1. The molecule has 0 atom stereocenters. The van der Waals surface area contributed by atoms with E-state index < -0.39 is 0 Å². The first kappa shape index (κ1) is 10.5. The molecule has 14 heavy (non-hydrogen) atoms. The number of hydrogen-bond donors (Lipinski definition) is 3. The van der Waals surface area contributed by atoms with Crippen LogP contribution in [0.3, 0.4) is 0 Å². The number of aromatic nitrogens is 1. The summed E-state index contributed by atoms with van der Waals surface area (Å²) in [7, 11) is 0. The second-order valence-corrected chi connectivity index (χ2v) is 2.69. The molecule has 0 amide bonds. The van der Waals surface area contributed by atoms with E-state index in [4.69, 9.17) is 5.84 Å². The zero-order valence-corrected chi connectivity index (χ0v) is 8.20. The summed E-state index contributed by atoms with van der Waals surface area (Å²) in [5.41, 5.74) is 3.60. The second-order valence-electron chi connectivity index (χ2n) is 2.69. The van der Waals surface area contributed by atoms with E-state index in [0.717, 1.165) is 12.1 Å². The van der Waals surface area contributed by atoms with Gasteiger partial charge in [0, 0.05) is 18.9 Å². The molecule has 0 aliphatic rings. The summed E-state index contributed by atoms with van der Waals surface area (Å²) in [5, 5.41) is 3.00. The third-order valence-electron chi connectivity index (χ3n) is 1.65. The van der Waals surface area contributed by atoms with Crippen molar-refractivity contribution in [3.8, 4) is 0 Å². The van der Waals surface area contributed by atoms with Gasteiger partial charge in [-0.2, -0.15) is 0 Å². The van der Waals surface area contributed by atoms with Gasteiger partial charge < -0.3 is 5.32 Å². The molecule has 0 unspecified atom stereocenters. The normalized spacial score (nSPS) is 11.1. The van der Waals surface area contributed by atoms with E-state index in [0.29, 0.717) is 12.5 Å². The summed E-state index contributed by atoms with van der Waals surface area (Å²) in [6.07, 6.45) is 3.49. The number of nitrogens with one attached hydrogen (secondary N) is 2. The van der Waals surface area contributed by atoms with E-state index in [-0.39, 0.29) is 0 Å². The topological polar surface area (TPSA) is 75.3 Å². The van der Waals surface area contributed by atoms with Crippen LogP contribution in [0.4, 0.5) is 0 Å². The van der Waals surface area contributed by atoms with Crippen LogP contribution in [0, 0.1) is 0 Å². The standard InChI is InChI=1S/C9H15N5/c1-2-12-9(14-10)13-7-8-3-5-11-6-4-8/h3-6H,2,7,10H2,1H3,(H2,12,13,14). The summed E-state index contributed by atoms with van der Waals surface area (Å²) in [6, 6.07) is 3.84. The van der Waals surface area contributed by atoms with Crippen LogP contribution in [0.5, 0.6) is 0 Å². The molecule has 0 fully saturated rings. The minimum absolute atomic E-state index is 0.592. The molecule has 0 saturated carbocycles. The zero-order chi connectivity index (χ0) is 10.2. The van der Waals surface area contributed by atoms with E-state index in [9.17, 15) is 0 Å². The third kappa shape index (κ3) is 3.40. The van der Waals surface area contributed by atoms with Gasteiger partial charge in [-0.05, 0) is 24.6 Å². The zero-order valence-electron chi connectivity index (χ0n) is 8.20.